The van der Waals surface area contributed by atoms with E-state index in [4.69, 9.17) is 0 Å². The second-order valence-corrected chi connectivity index (χ2v) is 3.04. The molecule has 0 radical (unpaired) electrons. The lowest BCUT2D eigenvalue weighted by atomic mass is 10.1. The molecule has 11 heavy (non-hydrogen) atoms. The van der Waals surface area contributed by atoms with Crippen LogP contribution in [0.1, 0.15) is 19.3 Å². The van der Waals surface area contributed by atoms with E-state index in [2.05, 4.69) is 22.8 Å². The first kappa shape index (κ1) is 6.77. The summed E-state index contributed by atoms with van der Waals surface area (Å²) in [7, 11) is 0. The Labute approximate surface area is 67.4 Å². The summed E-state index contributed by atoms with van der Waals surface area (Å²) in [5, 5.41) is 6.86. The molecule has 0 aromatic heterocycles. The molecule has 0 spiro atoms. The zero-order chi connectivity index (χ0) is 7.52. The molecule has 1 aliphatic carbocycles. The lowest BCUT2D eigenvalue weighted by Crippen LogP contribution is -2.17. The van der Waals surface area contributed by atoms with Crippen LogP contribution in [0.25, 0.3) is 0 Å². The van der Waals surface area contributed by atoms with Crippen molar-refractivity contribution in [2.75, 3.05) is 13.1 Å². The van der Waals surface area contributed by atoms with Gasteiger partial charge in [-0.05, 0) is 25.3 Å². The van der Waals surface area contributed by atoms with Gasteiger partial charge in [-0.3, -0.25) is 0 Å². The maximum Gasteiger partial charge on any atom is 0.0529 e. The molecule has 0 atom stereocenters. The molecule has 0 saturated carbocycles. The minimum atomic E-state index is 1.11. The number of allylic oxidation sites excluding steroid dienone is 3. The Balaban J connectivity index is 2.17. The summed E-state index contributed by atoms with van der Waals surface area (Å²) in [6.45, 7) is 2.23. The third-order valence-corrected chi connectivity index (χ3v) is 2.18. The molecule has 0 bridgehead atoms. The van der Waals surface area contributed by atoms with Crippen LogP contribution in [0.2, 0.25) is 0 Å². The van der Waals surface area contributed by atoms with Gasteiger partial charge in [-0.15, -0.1) is 0 Å². The monoisotopic (exact) mass is 150 g/mol. The molecule has 1 heterocycles. The summed E-state index contributed by atoms with van der Waals surface area (Å²) >= 11 is 0. The van der Waals surface area contributed by atoms with Crippen molar-refractivity contribution in [3.63, 3.8) is 0 Å². The average molecular weight is 150 g/mol. The van der Waals surface area contributed by atoms with Crippen LogP contribution in [-0.4, -0.2) is 13.1 Å². The molecule has 0 saturated heterocycles. The van der Waals surface area contributed by atoms with Crippen LogP contribution in [0.3, 0.4) is 0 Å². The second-order valence-electron chi connectivity index (χ2n) is 3.04. The van der Waals surface area contributed by atoms with Crippen LogP contribution in [0.15, 0.2) is 23.5 Å². The molecule has 0 fully saturated rings. The van der Waals surface area contributed by atoms with Gasteiger partial charge in [0.05, 0.1) is 5.70 Å². The van der Waals surface area contributed by atoms with Gasteiger partial charge in [0.2, 0.25) is 0 Å². The highest BCUT2D eigenvalue weighted by Crippen LogP contribution is 2.15. The molecule has 0 unspecified atom stereocenters. The summed E-state index contributed by atoms with van der Waals surface area (Å²) in [5.74, 6) is 0. The predicted octanol–water partition coefficient (Wildman–Crippen LogP) is 1.13. The maximum atomic E-state index is 3.45. The van der Waals surface area contributed by atoms with E-state index in [-0.39, 0.29) is 0 Å². The molecular formula is C9H14N2. The quantitative estimate of drug-likeness (QED) is 0.541. The summed E-state index contributed by atoms with van der Waals surface area (Å²) < 4.78 is 0. The molecule has 60 valence electrons. The maximum absolute atomic E-state index is 3.45. The lowest BCUT2D eigenvalue weighted by Gasteiger charge is -2.14. The van der Waals surface area contributed by atoms with Crippen LogP contribution >= 0.6 is 0 Å². The van der Waals surface area contributed by atoms with Gasteiger partial charge in [0.1, 0.15) is 0 Å². The van der Waals surface area contributed by atoms with Gasteiger partial charge in [-0.1, -0.05) is 6.08 Å². The summed E-state index contributed by atoms with van der Waals surface area (Å²) in [6.07, 6.45) is 8.02. The largest absolute Gasteiger partial charge is 0.387 e. The van der Waals surface area contributed by atoms with Crippen LogP contribution in [0.5, 0.6) is 0 Å². The van der Waals surface area contributed by atoms with Crippen LogP contribution < -0.4 is 10.6 Å². The lowest BCUT2D eigenvalue weighted by molar-refractivity contribution is 0.716. The Morgan fingerprint density at radius 2 is 2.09 bits per heavy atom. The first-order valence-corrected chi connectivity index (χ1v) is 4.34. The van der Waals surface area contributed by atoms with Crippen LogP contribution in [-0.2, 0) is 0 Å². The second kappa shape index (κ2) is 2.99. The molecule has 2 rings (SSSR count). The fourth-order valence-corrected chi connectivity index (χ4v) is 1.56. The van der Waals surface area contributed by atoms with Crippen molar-refractivity contribution in [2.45, 2.75) is 19.3 Å². The van der Waals surface area contributed by atoms with E-state index in [1.807, 2.05) is 0 Å². The Morgan fingerprint density at radius 3 is 3.09 bits per heavy atom. The van der Waals surface area contributed by atoms with Crippen LogP contribution in [0.4, 0.5) is 0 Å². The van der Waals surface area contributed by atoms with Gasteiger partial charge < -0.3 is 10.6 Å². The van der Waals surface area contributed by atoms with Gasteiger partial charge in [0, 0.05) is 18.8 Å². The summed E-state index contributed by atoms with van der Waals surface area (Å²) in [5.41, 5.74) is 2.72. The molecule has 0 amide bonds. The highest BCUT2D eigenvalue weighted by Gasteiger charge is 2.09. The van der Waals surface area contributed by atoms with Crippen molar-refractivity contribution in [1.29, 1.82) is 0 Å². The fourth-order valence-electron chi connectivity index (χ4n) is 1.56. The number of nitrogens with one attached hydrogen (secondary N) is 2. The van der Waals surface area contributed by atoms with Crippen molar-refractivity contribution < 1.29 is 0 Å². The summed E-state index contributed by atoms with van der Waals surface area (Å²) in [6, 6.07) is 0. The van der Waals surface area contributed by atoms with E-state index in [1.165, 1.54) is 30.7 Å². The van der Waals surface area contributed by atoms with E-state index in [9.17, 15) is 0 Å². The predicted molar refractivity (Wildman–Crippen MR) is 46.0 cm³/mol. The molecule has 2 aliphatic rings. The van der Waals surface area contributed by atoms with Gasteiger partial charge in [-0.2, -0.15) is 0 Å². The van der Waals surface area contributed by atoms with Gasteiger partial charge in [0.25, 0.3) is 0 Å². The number of rotatable bonds is 0. The normalized spacial score (nSPS) is 23.3. The Morgan fingerprint density at radius 1 is 1.18 bits per heavy atom. The topological polar surface area (TPSA) is 24.1 Å². The van der Waals surface area contributed by atoms with E-state index >= 15 is 0 Å². The average Bonchev–Trinajstić information content (AvgIpc) is 2.28. The number of hydrogen-bond acceptors (Lipinski definition) is 2. The minimum Gasteiger partial charge on any atom is -0.387 e. The van der Waals surface area contributed by atoms with E-state index < -0.39 is 0 Å². The van der Waals surface area contributed by atoms with Gasteiger partial charge in [-0.25, -0.2) is 0 Å². The van der Waals surface area contributed by atoms with Crippen molar-refractivity contribution in [3.05, 3.63) is 23.5 Å². The molecule has 0 aromatic rings. The first-order chi connectivity index (χ1) is 5.47. The van der Waals surface area contributed by atoms with Crippen molar-refractivity contribution in [3.8, 4) is 0 Å². The number of hydrogen-bond donors (Lipinski definition) is 2. The highest BCUT2D eigenvalue weighted by molar-refractivity contribution is 5.27. The zero-order valence-electron chi connectivity index (χ0n) is 6.69. The molecule has 2 N–H and O–H groups in total. The van der Waals surface area contributed by atoms with Crippen molar-refractivity contribution in [1.82, 2.24) is 10.6 Å². The molecule has 2 nitrogen and oxygen atoms in total. The molecule has 1 aliphatic heterocycles. The Kier molecular flexibility index (Phi) is 1.84. The van der Waals surface area contributed by atoms with E-state index in [0.717, 1.165) is 13.1 Å². The van der Waals surface area contributed by atoms with Crippen molar-refractivity contribution >= 4 is 0 Å². The minimum absolute atomic E-state index is 1.11. The highest BCUT2D eigenvalue weighted by atomic mass is 15.0. The molecule has 2 heteroatoms. The molecule has 0 aromatic carbocycles. The smallest absolute Gasteiger partial charge is 0.0529 e. The SMILES string of the molecule is C1=CC2=C(CC1)NCCCN2. The van der Waals surface area contributed by atoms with E-state index in [0.29, 0.717) is 0 Å². The third-order valence-electron chi connectivity index (χ3n) is 2.18. The fraction of sp³-hybridized carbons (Fsp3) is 0.556. The van der Waals surface area contributed by atoms with Gasteiger partial charge >= 0.3 is 0 Å². The van der Waals surface area contributed by atoms with Gasteiger partial charge in [0.15, 0.2) is 0 Å². The van der Waals surface area contributed by atoms with Crippen molar-refractivity contribution in [2.24, 2.45) is 0 Å². The Bertz CT molecular complexity index is 204. The molecular weight excluding hydrogens is 136 g/mol. The van der Waals surface area contributed by atoms with Crippen LogP contribution in [0, 0.1) is 0 Å². The first-order valence-electron chi connectivity index (χ1n) is 4.34. The third kappa shape index (κ3) is 1.39. The summed E-state index contributed by atoms with van der Waals surface area (Å²) in [4.78, 5) is 0. The van der Waals surface area contributed by atoms with E-state index in [1.54, 1.807) is 0 Å². The Hall–Kier alpha value is -0.920. The zero-order valence-corrected chi connectivity index (χ0v) is 6.69. The standard InChI is InChI=1S/C9H14N2/c1-2-5-9-8(4-1)10-6-3-7-11-9/h1,4,10-11H,2-3,5-7H2.